The topological polar surface area (TPSA) is 119 Å². The number of nitrogens with one attached hydrogen (secondary N) is 1. The number of hydrogen-bond acceptors (Lipinski definition) is 6. The molecule has 0 radical (unpaired) electrons. The molecule has 4 amide bonds. The third kappa shape index (κ3) is 5.70. The molecule has 0 atom stereocenters. The van der Waals surface area contributed by atoms with Crippen LogP contribution in [0.2, 0.25) is 0 Å². The van der Waals surface area contributed by atoms with Crippen molar-refractivity contribution in [3.63, 3.8) is 0 Å². The van der Waals surface area contributed by atoms with Crippen LogP contribution in [0.15, 0.2) is 53.4 Å². The van der Waals surface area contributed by atoms with Crippen LogP contribution in [0, 0.1) is 5.82 Å². The van der Waals surface area contributed by atoms with Crippen molar-refractivity contribution in [1.82, 2.24) is 10.2 Å². The molecule has 8 nitrogen and oxygen atoms in total. The van der Waals surface area contributed by atoms with Crippen LogP contribution >= 0.6 is 11.8 Å². The monoisotopic (exact) mass is 443 g/mol. The number of rotatable bonds is 8. The molecule has 1 saturated heterocycles. The normalized spacial score (nSPS) is 14.7. The minimum Gasteiger partial charge on any atom is -0.484 e. The van der Waals surface area contributed by atoms with Crippen LogP contribution in [-0.4, -0.2) is 47.6 Å². The van der Waals surface area contributed by atoms with E-state index in [1.807, 2.05) is 0 Å². The Balaban J connectivity index is 1.49. The number of primary amides is 1. The second kappa shape index (κ2) is 9.90. The van der Waals surface area contributed by atoms with E-state index in [2.05, 4.69) is 5.32 Å². The predicted octanol–water partition coefficient (Wildman–Crippen LogP) is 2.16. The van der Waals surface area contributed by atoms with Gasteiger partial charge in [0.05, 0.1) is 4.91 Å². The van der Waals surface area contributed by atoms with Crippen LogP contribution in [0.1, 0.15) is 15.9 Å². The smallest absolute Gasteiger partial charge is 0.293 e. The first-order valence-corrected chi connectivity index (χ1v) is 9.96. The molecule has 3 rings (SSSR count). The van der Waals surface area contributed by atoms with Crippen LogP contribution in [-0.2, 0) is 9.59 Å². The lowest BCUT2D eigenvalue weighted by molar-refractivity contribution is -0.125. The molecule has 160 valence electrons. The summed E-state index contributed by atoms with van der Waals surface area (Å²) in [5.41, 5.74) is 5.65. The van der Waals surface area contributed by atoms with Gasteiger partial charge in [0.25, 0.3) is 17.1 Å². The van der Waals surface area contributed by atoms with Crippen LogP contribution in [0.25, 0.3) is 6.08 Å². The van der Waals surface area contributed by atoms with Gasteiger partial charge in [-0.25, -0.2) is 4.39 Å². The molecular weight excluding hydrogens is 425 g/mol. The van der Waals surface area contributed by atoms with E-state index in [9.17, 15) is 23.6 Å². The van der Waals surface area contributed by atoms with Crippen molar-refractivity contribution in [1.29, 1.82) is 0 Å². The van der Waals surface area contributed by atoms with Gasteiger partial charge in [-0.15, -0.1) is 0 Å². The molecule has 0 unspecified atom stereocenters. The highest BCUT2D eigenvalue weighted by molar-refractivity contribution is 8.18. The third-order valence-corrected chi connectivity index (χ3v) is 5.12. The molecule has 31 heavy (non-hydrogen) atoms. The lowest BCUT2D eigenvalue weighted by atomic mass is 10.2. The molecule has 0 spiro atoms. The Hall–Kier alpha value is -3.66. The second-order valence-corrected chi connectivity index (χ2v) is 7.38. The van der Waals surface area contributed by atoms with Crippen molar-refractivity contribution in [2.24, 2.45) is 5.73 Å². The Morgan fingerprint density at radius 1 is 1.16 bits per heavy atom. The van der Waals surface area contributed by atoms with Gasteiger partial charge >= 0.3 is 0 Å². The average molecular weight is 443 g/mol. The molecule has 3 N–H and O–H groups in total. The third-order valence-electron chi connectivity index (χ3n) is 4.21. The highest BCUT2D eigenvalue weighted by atomic mass is 32.2. The molecule has 1 aliphatic rings. The lowest BCUT2D eigenvalue weighted by Crippen LogP contribution is -2.38. The number of benzene rings is 2. The Bertz CT molecular complexity index is 1070. The molecule has 1 heterocycles. The molecule has 0 aliphatic carbocycles. The fraction of sp³-hybridized carbons (Fsp3) is 0.143. The summed E-state index contributed by atoms with van der Waals surface area (Å²) < 4.78 is 19.1. The number of nitrogens with zero attached hydrogens (tertiary/aromatic N) is 1. The number of halogens is 1. The maximum absolute atomic E-state index is 13.8. The predicted molar refractivity (Wildman–Crippen MR) is 113 cm³/mol. The van der Waals surface area contributed by atoms with Crippen molar-refractivity contribution in [2.75, 3.05) is 19.7 Å². The van der Waals surface area contributed by atoms with E-state index in [0.29, 0.717) is 17.5 Å². The molecule has 1 fully saturated rings. The van der Waals surface area contributed by atoms with Crippen molar-refractivity contribution < 1.29 is 28.3 Å². The van der Waals surface area contributed by atoms with Gasteiger partial charge < -0.3 is 15.8 Å². The molecular formula is C21H18FN3O5S. The van der Waals surface area contributed by atoms with Crippen molar-refractivity contribution in [3.8, 4) is 5.75 Å². The largest absolute Gasteiger partial charge is 0.484 e. The van der Waals surface area contributed by atoms with Gasteiger partial charge in [-0.1, -0.05) is 24.3 Å². The van der Waals surface area contributed by atoms with E-state index in [1.165, 1.54) is 36.4 Å². The first-order valence-electron chi connectivity index (χ1n) is 9.14. The first-order chi connectivity index (χ1) is 14.8. The number of carbonyl (C=O) groups excluding carboxylic acids is 4. The second-order valence-electron chi connectivity index (χ2n) is 6.39. The number of imide groups is 1. The molecule has 2 aromatic rings. The summed E-state index contributed by atoms with van der Waals surface area (Å²) in [6.45, 7) is -0.339. The summed E-state index contributed by atoms with van der Waals surface area (Å²) in [6.07, 6.45) is 1.33. The number of thioether (sulfide) groups is 1. The molecule has 1 aliphatic heterocycles. The van der Waals surface area contributed by atoms with Gasteiger partial charge in [0, 0.05) is 24.2 Å². The van der Waals surface area contributed by atoms with Crippen LogP contribution < -0.4 is 15.8 Å². The zero-order chi connectivity index (χ0) is 22.4. The van der Waals surface area contributed by atoms with Gasteiger partial charge in [0.2, 0.25) is 5.91 Å². The SMILES string of the molecule is NC(=O)c1cccc(OCC(=O)NCCN2C(=O)SC(=Cc3ccccc3F)C2=O)c1. The van der Waals surface area contributed by atoms with Gasteiger partial charge in [-0.3, -0.25) is 24.1 Å². The summed E-state index contributed by atoms with van der Waals surface area (Å²) >= 11 is 0.712. The fourth-order valence-electron chi connectivity index (χ4n) is 2.67. The van der Waals surface area contributed by atoms with Crippen LogP contribution in [0.5, 0.6) is 5.75 Å². The highest BCUT2D eigenvalue weighted by Crippen LogP contribution is 2.32. The fourth-order valence-corrected chi connectivity index (χ4v) is 3.53. The number of amides is 4. The van der Waals surface area contributed by atoms with Gasteiger partial charge in [0.1, 0.15) is 11.6 Å². The van der Waals surface area contributed by atoms with Gasteiger partial charge in [-0.2, -0.15) is 0 Å². The molecule has 2 aromatic carbocycles. The average Bonchev–Trinajstić information content (AvgIpc) is 3.01. The molecule has 0 bridgehead atoms. The summed E-state index contributed by atoms with van der Waals surface area (Å²) in [5, 5.41) is 2.04. The molecule has 10 heteroatoms. The Morgan fingerprint density at radius 3 is 2.68 bits per heavy atom. The Kier molecular flexibility index (Phi) is 7.03. The van der Waals surface area contributed by atoms with Gasteiger partial charge in [-0.05, 0) is 42.1 Å². The van der Waals surface area contributed by atoms with E-state index in [4.69, 9.17) is 10.5 Å². The highest BCUT2D eigenvalue weighted by Gasteiger charge is 2.34. The molecule has 0 aromatic heterocycles. The number of hydrogen-bond donors (Lipinski definition) is 2. The summed E-state index contributed by atoms with van der Waals surface area (Å²) in [5.74, 6) is -1.83. The van der Waals surface area contributed by atoms with E-state index in [0.717, 1.165) is 4.90 Å². The van der Waals surface area contributed by atoms with Crippen LogP contribution in [0.4, 0.5) is 9.18 Å². The summed E-state index contributed by atoms with van der Waals surface area (Å²) in [6, 6.07) is 12.0. The van der Waals surface area contributed by atoms with Gasteiger partial charge in [0.15, 0.2) is 6.61 Å². The van der Waals surface area contributed by atoms with Crippen molar-refractivity contribution >= 4 is 40.8 Å². The van der Waals surface area contributed by atoms with Crippen molar-refractivity contribution in [3.05, 3.63) is 70.4 Å². The van der Waals surface area contributed by atoms with Crippen LogP contribution in [0.3, 0.4) is 0 Å². The zero-order valence-corrected chi connectivity index (χ0v) is 17.0. The molecule has 0 saturated carbocycles. The Labute approximate surface area is 181 Å². The first kappa shape index (κ1) is 22.0. The van der Waals surface area contributed by atoms with E-state index < -0.39 is 28.8 Å². The summed E-state index contributed by atoms with van der Waals surface area (Å²) in [7, 11) is 0. The van der Waals surface area contributed by atoms with Crippen molar-refractivity contribution in [2.45, 2.75) is 0 Å². The lowest BCUT2D eigenvalue weighted by Gasteiger charge is -2.13. The number of ether oxygens (including phenoxy) is 1. The minimum atomic E-state index is -0.615. The zero-order valence-electron chi connectivity index (χ0n) is 16.2. The quantitative estimate of drug-likeness (QED) is 0.604. The maximum Gasteiger partial charge on any atom is 0.293 e. The Morgan fingerprint density at radius 2 is 1.94 bits per heavy atom. The van der Waals surface area contributed by atoms with E-state index >= 15 is 0 Å². The standard InChI is InChI=1S/C21H18FN3O5S/c22-16-7-2-1-4-13(16)11-17-20(28)25(21(29)31-17)9-8-24-18(26)12-30-15-6-3-5-14(10-15)19(23)27/h1-7,10-11H,8-9,12H2,(H2,23,27)(H,24,26). The van der Waals surface area contributed by atoms with E-state index in [-0.39, 0.29) is 35.7 Å². The minimum absolute atomic E-state index is 0.0224. The maximum atomic E-state index is 13.8. The number of nitrogens with two attached hydrogens (primary N) is 1. The van der Waals surface area contributed by atoms with E-state index in [1.54, 1.807) is 18.2 Å². The number of carbonyl (C=O) groups is 4. The summed E-state index contributed by atoms with van der Waals surface area (Å²) in [4.78, 5) is 48.7.